The molecule has 0 radical (unpaired) electrons. The van der Waals surface area contributed by atoms with Crippen molar-refractivity contribution in [3.8, 4) is 5.75 Å². The van der Waals surface area contributed by atoms with Gasteiger partial charge in [0, 0.05) is 24.7 Å². The lowest BCUT2D eigenvalue weighted by atomic mass is 10.2. The van der Waals surface area contributed by atoms with Crippen molar-refractivity contribution < 1.29 is 4.74 Å². The molecule has 0 aliphatic heterocycles. The Morgan fingerprint density at radius 1 is 1.20 bits per heavy atom. The van der Waals surface area contributed by atoms with Crippen LogP contribution in [0.4, 0.5) is 0 Å². The molecule has 0 bridgehead atoms. The van der Waals surface area contributed by atoms with E-state index < -0.39 is 0 Å². The number of ether oxygens (including phenoxy) is 1. The summed E-state index contributed by atoms with van der Waals surface area (Å²) in [5.74, 6) is 0.926. The molecule has 1 unspecified atom stereocenters. The minimum absolute atomic E-state index is 0.529. The zero-order chi connectivity index (χ0) is 14.8. The Hall–Kier alpha value is -1.06. The number of nitrogens with two attached hydrogens (primary N) is 1. The van der Waals surface area contributed by atoms with Crippen LogP contribution in [-0.2, 0) is 6.54 Å². The molecule has 1 rings (SSSR count). The van der Waals surface area contributed by atoms with Crippen LogP contribution >= 0.6 is 0 Å². The van der Waals surface area contributed by atoms with E-state index in [-0.39, 0.29) is 0 Å². The number of para-hydroxylation sites is 1. The maximum absolute atomic E-state index is 5.91. The first-order valence-corrected chi connectivity index (χ1v) is 7.87. The van der Waals surface area contributed by atoms with Crippen molar-refractivity contribution in [3.05, 3.63) is 29.8 Å². The Kier molecular flexibility index (Phi) is 8.31. The molecular weight excluding hydrogens is 248 g/mol. The first-order chi connectivity index (χ1) is 9.72. The molecule has 1 aromatic rings. The molecule has 0 fully saturated rings. The minimum atomic E-state index is 0.529. The summed E-state index contributed by atoms with van der Waals surface area (Å²) in [5, 5.41) is 0. The molecule has 0 saturated carbocycles. The lowest BCUT2D eigenvalue weighted by molar-refractivity contribution is 0.162. The summed E-state index contributed by atoms with van der Waals surface area (Å²) < 4.78 is 5.91. The highest BCUT2D eigenvalue weighted by atomic mass is 16.5. The number of benzene rings is 1. The fourth-order valence-electron chi connectivity index (χ4n) is 2.26. The van der Waals surface area contributed by atoms with E-state index in [0.717, 1.165) is 31.0 Å². The van der Waals surface area contributed by atoms with E-state index >= 15 is 0 Å². The fraction of sp³-hybridized carbons (Fsp3) is 0.647. The largest absolute Gasteiger partial charge is 0.492 e. The third-order valence-corrected chi connectivity index (χ3v) is 3.84. The number of nitrogens with zero attached hydrogens (tertiary/aromatic N) is 1. The third-order valence-electron chi connectivity index (χ3n) is 3.84. The molecule has 0 saturated heterocycles. The van der Waals surface area contributed by atoms with Gasteiger partial charge < -0.3 is 10.5 Å². The SMILES string of the molecule is CCCCN(CCOc1ccccc1CN)C(C)CC. The first-order valence-electron chi connectivity index (χ1n) is 7.87. The maximum Gasteiger partial charge on any atom is 0.123 e. The van der Waals surface area contributed by atoms with E-state index in [0.29, 0.717) is 12.6 Å². The molecule has 0 amide bonds. The van der Waals surface area contributed by atoms with Crippen molar-refractivity contribution in [3.63, 3.8) is 0 Å². The van der Waals surface area contributed by atoms with E-state index in [1.807, 2.05) is 24.3 Å². The van der Waals surface area contributed by atoms with E-state index in [9.17, 15) is 0 Å². The van der Waals surface area contributed by atoms with Crippen LogP contribution in [0.2, 0.25) is 0 Å². The summed E-state index contributed by atoms with van der Waals surface area (Å²) in [6.07, 6.45) is 3.68. The Morgan fingerprint density at radius 2 is 1.95 bits per heavy atom. The Labute approximate surface area is 124 Å². The van der Waals surface area contributed by atoms with Gasteiger partial charge in [0.2, 0.25) is 0 Å². The van der Waals surface area contributed by atoms with Crippen LogP contribution < -0.4 is 10.5 Å². The molecule has 0 aliphatic carbocycles. The van der Waals surface area contributed by atoms with Crippen LogP contribution in [0.15, 0.2) is 24.3 Å². The molecule has 0 spiro atoms. The molecule has 1 atom stereocenters. The van der Waals surface area contributed by atoms with Crippen molar-refractivity contribution in [2.75, 3.05) is 19.7 Å². The van der Waals surface area contributed by atoms with Gasteiger partial charge in [-0.25, -0.2) is 0 Å². The van der Waals surface area contributed by atoms with Crippen LogP contribution in [0.3, 0.4) is 0 Å². The van der Waals surface area contributed by atoms with Crippen LogP contribution in [0.25, 0.3) is 0 Å². The van der Waals surface area contributed by atoms with Crippen LogP contribution in [0.5, 0.6) is 5.75 Å². The summed E-state index contributed by atoms with van der Waals surface area (Å²) >= 11 is 0. The number of unbranched alkanes of at least 4 members (excludes halogenated alkanes) is 1. The predicted molar refractivity (Wildman–Crippen MR) is 86.1 cm³/mol. The van der Waals surface area contributed by atoms with Gasteiger partial charge in [-0.15, -0.1) is 0 Å². The van der Waals surface area contributed by atoms with E-state index in [4.69, 9.17) is 10.5 Å². The van der Waals surface area contributed by atoms with Crippen molar-refractivity contribution in [1.29, 1.82) is 0 Å². The van der Waals surface area contributed by atoms with Gasteiger partial charge in [0.25, 0.3) is 0 Å². The molecule has 20 heavy (non-hydrogen) atoms. The number of rotatable bonds is 10. The second-order valence-electron chi connectivity index (χ2n) is 5.31. The van der Waals surface area contributed by atoms with E-state index in [2.05, 4.69) is 25.7 Å². The summed E-state index contributed by atoms with van der Waals surface area (Å²) in [6, 6.07) is 8.65. The lowest BCUT2D eigenvalue weighted by Crippen LogP contribution is -2.36. The average molecular weight is 278 g/mol. The summed E-state index contributed by atoms with van der Waals surface area (Å²) in [6.45, 7) is 10.2. The fourth-order valence-corrected chi connectivity index (χ4v) is 2.26. The highest BCUT2D eigenvalue weighted by molar-refractivity contribution is 5.32. The number of hydrogen-bond donors (Lipinski definition) is 1. The minimum Gasteiger partial charge on any atom is -0.492 e. The highest BCUT2D eigenvalue weighted by Crippen LogP contribution is 2.17. The van der Waals surface area contributed by atoms with Crippen LogP contribution in [-0.4, -0.2) is 30.6 Å². The average Bonchev–Trinajstić information content (AvgIpc) is 2.50. The van der Waals surface area contributed by atoms with Gasteiger partial charge in [0.05, 0.1) is 0 Å². The van der Waals surface area contributed by atoms with Crippen molar-refractivity contribution >= 4 is 0 Å². The van der Waals surface area contributed by atoms with Crippen LogP contribution in [0.1, 0.15) is 45.6 Å². The lowest BCUT2D eigenvalue weighted by Gasteiger charge is -2.28. The zero-order valence-electron chi connectivity index (χ0n) is 13.3. The maximum atomic E-state index is 5.91. The van der Waals surface area contributed by atoms with E-state index in [1.165, 1.54) is 19.3 Å². The molecule has 114 valence electrons. The first kappa shape index (κ1) is 17.0. The van der Waals surface area contributed by atoms with Gasteiger partial charge in [0.1, 0.15) is 12.4 Å². The zero-order valence-corrected chi connectivity index (χ0v) is 13.3. The Balaban J connectivity index is 2.46. The standard InChI is InChI=1S/C17H30N2O/c1-4-6-11-19(15(3)5-2)12-13-20-17-10-8-7-9-16(17)14-18/h7-10,15H,4-6,11-14,18H2,1-3H3. The quantitative estimate of drug-likeness (QED) is 0.712. The van der Waals surface area contributed by atoms with Crippen LogP contribution in [0, 0.1) is 0 Å². The third kappa shape index (κ3) is 5.51. The smallest absolute Gasteiger partial charge is 0.123 e. The van der Waals surface area contributed by atoms with Gasteiger partial charge in [-0.1, -0.05) is 38.5 Å². The predicted octanol–water partition coefficient (Wildman–Crippen LogP) is 3.42. The molecule has 3 heteroatoms. The van der Waals surface area contributed by atoms with Gasteiger partial charge in [-0.3, -0.25) is 4.90 Å². The molecular formula is C17H30N2O. The van der Waals surface area contributed by atoms with Gasteiger partial charge in [0.15, 0.2) is 0 Å². The summed E-state index contributed by atoms with van der Waals surface area (Å²) in [7, 11) is 0. The second-order valence-corrected chi connectivity index (χ2v) is 5.31. The van der Waals surface area contributed by atoms with Crippen molar-refractivity contribution in [2.45, 2.75) is 52.6 Å². The van der Waals surface area contributed by atoms with Crippen molar-refractivity contribution in [1.82, 2.24) is 4.90 Å². The molecule has 0 heterocycles. The molecule has 3 nitrogen and oxygen atoms in total. The van der Waals surface area contributed by atoms with E-state index in [1.54, 1.807) is 0 Å². The second kappa shape index (κ2) is 9.78. The van der Waals surface area contributed by atoms with Gasteiger partial charge in [-0.05, 0) is 32.4 Å². The topological polar surface area (TPSA) is 38.5 Å². The number of hydrogen-bond acceptors (Lipinski definition) is 3. The summed E-state index contributed by atoms with van der Waals surface area (Å²) in [4.78, 5) is 2.52. The molecule has 0 aromatic heterocycles. The molecule has 1 aromatic carbocycles. The van der Waals surface area contributed by atoms with Gasteiger partial charge in [-0.2, -0.15) is 0 Å². The Bertz CT molecular complexity index is 368. The normalized spacial score (nSPS) is 12.7. The molecule has 2 N–H and O–H groups in total. The monoisotopic (exact) mass is 278 g/mol. The summed E-state index contributed by atoms with van der Waals surface area (Å²) in [5.41, 5.74) is 6.81. The van der Waals surface area contributed by atoms with Gasteiger partial charge >= 0.3 is 0 Å². The Morgan fingerprint density at radius 3 is 2.60 bits per heavy atom. The molecule has 0 aliphatic rings. The van der Waals surface area contributed by atoms with Crippen molar-refractivity contribution in [2.24, 2.45) is 5.73 Å². The highest BCUT2D eigenvalue weighted by Gasteiger charge is 2.11.